The van der Waals surface area contributed by atoms with Gasteiger partial charge in [0.1, 0.15) is 0 Å². The summed E-state index contributed by atoms with van der Waals surface area (Å²) in [5.41, 5.74) is 4.82. The van der Waals surface area contributed by atoms with Crippen molar-refractivity contribution in [3.8, 4) is 5.95 Å². The van der Waals surface area contributed by atoms with Crippen LogP contribution in [0.1, 0.15) is 28.1 Å². The van der Waals surface area contributed by atoms with E-state index >= 15 is 0 Å². The van der Waals surface area contributed by atoms with E-state index in [0.29, 0.717) is 17.1 Å². The van der Waals surface area contributed by atoms with Crippen molar-refractivity contribution < 1.29 is 0 Å². The lowest BCUT2D eigenvalue weighted by Crippen LogP contribution is -2.40. The molecule has 0 bridgehead atoms. The Hall–Kier alpha value is -3.42. The van der Waals surface area contributed by atoms with Gasteiger partial charge in [-0.3, -0.25) is 13.9 Å². The topological polar surface area (TPSA) is 79.6 Å². The van der Waals surface area contributed by atoms with Crippen molar-refractivity contribution in [2.45, 2.75) is 34.2 Å². The standard InChI is InChI=1S/C21H24N6O2/c1-12-7-8-13(2)16(9-12)11-26-19(28)17-18(25(6)21(26)29)22-20(24(17)5)27-15(4)10-14(3)23-27/h7-10H,11H2,1-6H3. The first-order chi connectivity index (χ1) is 13.7. The molecule has 0 atom stereocenters. The van der Waals surface area contributed by atoms with Gasteiger partial charge in [-0.1, -0.05) is 23.8 Å². The molecule has 0 aliphatic heterocycles. The van der Waals surface area contributed by atoms with E-state index < -0.39 is 0 Å². The highest BCUT2D eigenvalue weighted by atomic mass is 16.2. The molecule has 0 unspecified atom stereocenters. The van der Waals surface area contributed by atoms with Crippen molar-refractivity contribution in [3.63, 3.8) is 0 Å². The van der Waals surface area contributed by atoms with Crippen LogP contribution in [-0.4, -0.2) is 28.5 Å². The molecule has 29 heavy (non-hydrogen) atoms. The second-order valence-corrected chi connectivity index (χ2v) is 7.64. The van der Waals surface area contributed by atoms with Gasteiger partial charge in [-0.15, -0.1) is 0 Å². The number of imidazole rings is 1. The third-order valence-electron chi connectivity index (χ3n) is 5.37. The van der Waals surface area contributed by atoms with Crippen molar-refractivity contribution in [1.29, 1.82) is 0 Å². The molecule has 4 rings (SSSR count). The van der Waals surface area contributed by atoms with Crippen LogP contribution in [0.25, 0.3) is 17.1 Å². The van der Waals surface area contributed by atoms with Gasteiger partial charge < -0.3 is 4.57 Å². The Morgan fingerprint density at radius 2 is 1.69 bits per heavy atom. The van der Waals surface area contributed by atoms with Crippen molar-refractivity contribution in [3.05, 3.63) is 73.2 Å². The molecule has 3 heterocycles. The van der Waals surface area contributed by atoms with Crippen LogP contribution in [0.2, 0.25) is 0 Å². The highest BCUT2D eigenvalue weighted by Gasteiger charge is 2.21. The zero-order valence-corrected chi connectivity index (χ0v) is 17.5. The molecule has 0 saturated carbocycles. The molecule has 8 heteroatoms. The maximum Gasteiger partial charge on any atom is 0.332 e. The van der Waals surface area contributed by atoms with Gasteiger partial charge in [0.2, 0.25) is 5.95 Å². The summed E-state index contributed by atoms with van der Waals surface area (Å²) in [5.74, 6) is 0.502. The summed E-state index contributed by atoms with van der Waals surface area (Å²) in [6, 6.07) is 7.97. The largest absolute Gasteiger partial charge is 0.332 e. The van der Waals surface area contributed by atoms with Crippen LogP contribution in [0.5, 0.6) is 0 Å². The minimum absolute atomic E-state index is 0.218. The van der Waals surface area contributed by atoms with Gasteiger partial charge in [-0.2, -0.15) is 10.1 Å². The molecule has 0 aliphatic rings. The van der Waals surface area contributed by atoms with Crippen molar-refractivity contribution in [2.24, 2.45) is 14.1 Å². The first-order valence-electron chi connectivity index (χ1n) is 9.45. The molecule has 0 saturated heterocycles. The van der Waals surface area contributed by atoms with E-state index in [9.17, 15) is 9.59 Å². The number of aromatic nitrogens is 6. The van der Waals surface area contributed by atoms with E-state index in [-0.39, 0.29) is 17.8 Å². The summed E-state index contributed by atoms with van der Waals surface area (Å²) in [6.45, 7) is 8.02. The minimum Gasteiger partial charge on any atom is -0.306 e. The fourth-order valence-corrected chi connectivity index (χ4v) is 3.73. The van der Waals surface area contributed by atoms with Crippen LogP contribution in [0.15, 0.2) is 33.9 Å². The Balaban J connectivity index is 1.98. The number of nitrogens with zero attached hydrogens (tertiary/aromatic N) is 6. The van der Waals surface area contributed by atoms with Crippen LogP contribution >= 0.6 is 0 Å². The highest BCUT2D eigenvalue weighted by Crippen LogP contribution is 2.16. The molecule has 3 aromatic heterocycles. The van der Waals surface area contributed by atoms with Crippen LogP contribution in [0.4, 0.5) is 0 Å². The fraction of sp³-hybridized carbons (Fsp3) is 0.333. The van der Waals surface area contributed by atoms with Gasteiger partial charge in [-0.05, 0) is 44.9 Å². The Bertz CT molecular complexity index is 1380. The second-order valence-electron chi connectivity index (χ2n) is 7.64. The Morgan fingerprint density at radius 1 is 0.966 bits per heavy atom. The SMILES string of the molecule is Cc1ccc(C)c(Cn2c(=O)c3c(nc(-n4nc(C)cc4C)n3C)n(C)c2=O)c1. The first kappa shape index (κ1) is 18.9. The fourth-order valence-electron chi connectivity index (χ4n) is 3.73. The lowest BCUT2D eigenvalue weighted by Gasteiger charge is -2.11. The number of benzene rings is 1. The molecule has 0 fully saturated rings. The van der Waals surface area contributed by atoms with Gasteiger partial charge in [-0.25, -0.2) is 9.48 Å². The normalized spacial score (nSPS) is 11.5. The zero-order valence-electron chi connectivity index (χ0n) is 17.5. The third kappa shape index (κ3) is 2.91. The summed E-state index contributed by atoms with van der Waals surface area (Å²) in [5, 5.41) is 4.47. The summed E-state index contributed by atoms with van der Waals surface area (Å²) >= 11 is 0. The molecule has 8 nitrogen and oxygen atoms in total. The number of hydrogen-bond acceptors (Lipinski definition) is 4. The molecule has 0 N–H and O–H groups in total. The molecule has 1 aromatic carbocycles. The van der Waals surface area contributed by atoms with Crippen LogP contribution < -0.4 is 11.2 Å². The predicted molar refractivity (Wildman–Crippen MR) is 112 cm³/mol. The molecular weight excluding hydrogens is 368 g/mol. The van der Waals surface area contributed by atoms with Crippen LogP contribution in [0, 0.1) is 27.7 Å². The maximum atomic E-state index is 13.3. The summed E-state index contributed by atoms with van der Waals surface area (Å²) in [7, 11) is 3.41. The Morgan fingerprint density at radius 3 is 2.34 bits per heavy atom. The van der Waals surface area contributed by atoms with Crippen LogP contribution in [0.3, 0.4) is 0 Å². The average Bonchev–Trinajstić information content (AvgIpc) is 3.18. The quantitative estimate of drug-likeness (QED) is 0.533. The Labute approximate surface area is 167 Å². The minimum atomic E-state index is -0.388. The summed E-state index contributed by atoms with van der Waals surface area (Å²) in [6.07, 6.45) is 0. The predicted octanol–water partition coefficient (Wildman–Crippen LogP) is 1.90. The molecular formula is C21H24N6O2. The molecule has 0 aliphatic carbocycles. The first-order valence-corrected chi connectivity index (χ1v) is 9.45. The third-order valence-corrected chi connectivity index (χ3v) is 5.37. The lowest BCUT2D eigenvalue weighted by molar-refractivity contribution is 0.652. The molecule has 0 amide bonds. The van der Waals surface area contributed by atoms with E-state index in [1.165, 1.54) is 9.13 Å². The summed E-state index contributed by atoms with van der Waals surface area (Å²) < 4.78 is 6.10. The van der Waals surface area contributed by atoms with Gasteiger partial charge in [0.15, 0.2) is 11.2 Å². The number of aryl methyl sites for hydroxylation is 6. The smallest absolute Gasteiger partial charge is 0.306 e. The molecule has 150 valence electrons. The van der Waals surface area contributed by atoms with Gasteiger partial charge in [0.05, 0.1) is 12.2 Å². The highest BCUT2D eigenvalue weighted by molar-refractivity contribution is 5.72. The summed E-state index contributed by atoms with van der Waals surface area (Å²) in [4.78, 5) is 30.9. The Kier molecular flexibility index (Phi) is 4.29. The second kappa shape index (κ2) is 6.58. The van der Waals surface area contributed by atoms with E-state index in [2.05, 4.69) is 10.1 Å². The van der Waals surface area contributed by atoms with E-state index in [4.69, 9.17) is 0 Å². The van der Waals surface area contributed by atoms with Gasteiger partial charge in [0.25, 0.3) is 5.56 Å². The molecule has 0 radical (unpaired) electrons. The number of hydrogen-bond donors (Lipinski definition) is 0. The van der Waals surface area contributed by atoms with E-state index in [1.807, 2.05) is 52.0 Å². The van der Waals surface area contributed by atoms with E-state index in [0.717, 1.165) is 28.1 Å². The van der Waals surface area contributed by atoms with Gasteiger partial charge in [0, 0.05) is 19.8 Å². The van der Waals surface area contributed by atoms with Gasteiger partial charge >= 0.3 is 5.69 Å². The van der Waals surface area contributed by atoms with Crippen molar-refractivity contribution in [2.75, 3.05) is 0 Å². The molecule has 0 spiro atoms. The molecule has 4 aromatic rings. The average molecular weight is 392 g/mol. The van der Waals surface area contributed by atoms with Crippen LogP contribution in [-0.2, 0) is 20.6 Å². The maximum absolute atomic E-state index is 13.3. The monoisotopic (exact) mass is 392 g/mol. The lowest BCUT2D eigenvalue weighted by atomic mass is 10.1. The van der Waals surface area contributed by atoms with Crippen molar-refractivity contribution in [1.82, 2.24) is 28.5 Å². The number of fused-ring (bicyclic) bond motifs is 1. The zero-order chi connectivity index (χ0) is 21.0. The van der Waals surface area contributed by atoms with Crippen molar-refractivity contribution >= 4 is 11.2 Å². The number of rotatable bonds is 3. The van der Waals surface area contributed by atoms with E-state index in [1.54, 1.807) is 23.3 Å².